The van der Waals surface area contributed by atoms with Crippen LogP contribution in [0.15, 0.2) is 18.2 Å². The predicted octanol–water partition coefficient (Wildman–Crippen LogP) is 3.90. The molecule has 8 heteroatoms. The van der Waals surface area contributed by atoms with Crippen LogP contribution in [0.1, 0.15) is 17.8 Å². The second-order valence-electron chi connectivity index (χ2n) is 5.66. The van der Waals surface area contributed by atoms with E-state index in [1.165, 1.54) is 10.6 Å². The maximum Gasteiger partial charge on any atom is 0.416 e. The van der Waals surface area contributed by atoms with Gasteiger partial charge in [0.25, 0.3) is 6.43 Å². The van der Waals surface area contributed by atoms with E-state index in [4.69, 9.17) is 4.74 Å². The van der Waals surface area contributed by atoms with Gasteiger partial charge < -0.3 is 9.30 Å². The molecule has 1 aromatic heterocycles. The van der Waals surface area contributed by atoms with Gasteiger partial charge in [-0.3, -0.25) is 0 Å². The number of ether oxygens (including phenoxy) is 1. The fourth-order valence-corrected chi connectivity index (χ4v) is 2.86. The van der Waals surface area contributed by atoms with E-state index in [9.17, 15) is 22.0 Å². The van der Waals surface area contributed by atoms with Gasteiger partial charge >= 0.3 is 6.18 Å². The Labute approximate surface area is 129 Å². The molecule has 0 N–H and O–H groups in total. The fraction of sp³-hybridized carbons (Fsp3) is 0.533. The van der Waals surface area contributed by atoms with Crippen LogP contribution in [0.4, 0.5) is 22.0 Å². The van der Waals surface area contributed by atoms with Gasteiger partial charge in [-0.15, -0.1) is 0 Å². The smallest absolute Gasteiger partial charge is 0.381 e. The van der Waals surface area contributed by atoms with Crippen LogP contribution in [0.5, 0.6) is 0 Å². The molecule has 3 rings (SSSR count). The molecule has 0 aliphatic carbocycles. The zero-order valence-corrected chi connectivity index (χ0v) is 12.1. The van der Waals surface area contributed by atoms with Gasteiger partial charge in [-0.05, 0) is 30.5 Å². The summed E-state index contributed by atoms with van der Waals surface area (Å²) in [6, 6.07) is 3.02. The number of rotatable bonds is 4. The minimum atomic E-state index is -4.49. The predicted molar refractivity (Wildman–Crippen MR) is 73.4 cm³/mol. The highest BCUT2D eigenvalue weighted by atomic mass is 19.4. The van der Waals surface area contributed by atoms with Crippen LogP contribution < -0.4 is 0 Å². The number of halogens is 5. The standard InChI is InChI=1S/C15H15F5N2O/c16-13(17)7-22-12-2-1-10(15(18,19)20)6-11(12)21-14(22)5-9-3-4-23-8-9/h1-2,6,9,13H,3-5,7-8H2/t9-/m1/s1. The number of nitrogens with zero attached hydrogens (tertiary/aromatic N) is 2. The molecular formula is C15H15F5N2O. The van der Waals surface area contributed by atoms with Crippen LogP contribution >= 0.6 is 0 Å². The van der Waals surface area contributed by atoms with Crippen molar-refractivity contribution in [2.75, 3.05) is 13.2 Å². The van der Waals surface area contributed by atoms with E-state index in [2.05, 4.69) is 4.98 Å². The van der Waals surface area contributed by atoms with E-state index in [0.29, 0.717) is 31.0 Å². The van der Waals surface area contributed by atoms with E-state index < -0.39 is 24.7 Å². The molecule has 1 aromatic carbocycles. The molecule has 0 radical (unpaired) electrons. The molecule has 2 aromatic rings. The Balaban J connectivity index is 2.01. The van der Waals surface area contributed by atoms with E-state index in [1.54, 1.807) is 0 Å². The lowest BCUT2D eigenvalue weighted by Gasteiger charge is -2.11. The van der Waals surface area contributed by atoms with Gasteiger partial charge in [0, 0.05) is 19.6 Å². The highest BCUT2D eigenvalue weighted by Crippen LogP contribution is 2.32. The van der Waals surface area contributed by atoms with Crippen molar-refractivity contribution >= 4 is 11.0 Å². The Morgan fingerprint density at radius 1 is 1.30 bits per heavy atom. The lowest BCUT2D eigenvalue weighted by atomic mass is 10.1. The number of aromatic nitrogens is 2. The fourth-order valence-electron chi connectivity index (χ4n) is 2.86. The molecule has 0 amide bonds. The number of fused-ring (bicyclic) bond motifs is 1. The molecule has 1 fully saturated rings. The summed E-state index contributed by atoms with van der Waals surface area (Å²) in [5.74, 6) is 0.542. The first-order valence-corrected chi connectivity index (χ1v) is 7.27. The Hall–Kier alpha value is -1.70. The molecule has 3 nitrogen and oxygen atoms in total. The SMILES string of the molecule is FC(F)Cn1c(C[C@H]2CCOC2)nc2cc(C(F)(F)F)ccc21. The Morgan fingerprint density at radius 3 is 2.70 bits per heavy atom. The average molecular weight is 334 g/mol. The van der Waals surface area contributed by atoms with Crippen LogP contribution in [0, 0.1) is 5.92 Å². The van der Waals surface area contributed by atoms with Crippen molar-refractivity contribution in [3.8, 4) is 0 Å². The molecule has 1 aliphatic rings. The maximum absolute atomic E-state index is 12.8. The average Bonchev–Trinajstić information content (AvgIpc) is 3.06. The van der Waals surface area contributed by atoms with Gasteiger partial charge in [0.05, 0.1) is 23.1 Å². The van der Waals surface area contributed by atoms with Gasteiger partial charge in [-0.25, -0.2) is 13.8 Å². The van der Waals surface area contributed by atoms with Crippen LogP contribution in [0.3, 0.4) is 0 Å². The number of hydrogen-bond donors (Lipinski definition) is 0. The number of imidazole rings is 1. The second kappa shape index (κ2) is 6.07. The van der Waals surface area contributed by atoms with E-state index in [1.807, 2.05) is 0 Å². The molecule has 23 heavy (non-hydrogen) atoms. The normalized spacial score (nSPS) is 19.1. The van der Waals surface area contributed by atoms with Crippen LogP contribution in [-0.4, -0.2) is 29.2 Å². The third-order valence-corrected chi connectivity index (χ3v) is 3.97. The van der Waals surface area contributed by atoms with Crippen molar-refractivity contribution in [1.82, 2.24) is 9.55 Å². The Morgan fingerprint density at radius 2 is 2.09 bits per heavy atom. The monoisotopic (exact) mass is 334 g/mol. The topological polar surface area (TPSA) is 27.1 Å². The summed E-state index contributed by atoms with van der Waals surface area (Å²) in [6.45, 7) is 0.550. The zero-order valence-electron chi connectivity index (χ0n) is 12.1. The van der Waals surface area contributed by atoms with Gasteiger partial charge in [0.2, 0.25) is 0 Å². The van der Waals surface area contributed by atoms with Gasteiger partial charge in [-0.1, -0.05) is 0 Å². The third kappa shape index (κ3) is 3.46. The number of alkyl halides is 5. The summed E-state index contributed by atoms with van der Waals surface area (Å²) < 4.78 is 70.6. The van der Waals surface area contributed by atoms with Crippen molar-refractivity contribution in [1.29, 1.82) is 0 Å². The summed E-state index contributed by atoms with van der Waals surface area (Å²) in [5.41, 5.74) is -0.441. The Kier molecular flexibility index (Phi) is 4.27. The first-order valence-electron chi connectivity index (χ1n) is 7.27. The van der Waals surface area contributed by atoms with Crippen molar-refractivity contribution in [2.45, 2.75) is 32.0 Å². The molecule has 1 aliphatic heterocycles. The summed E-state index contributed by atoms with van der Waals surface area (Å²) >= 11 is 0. The van der Waals surface area contributed by atoms with Crippen molar-refractivity contribution < 1.29 is 26.7 Å². The van der Waals surface area contributed by atoms with Crippen molar-refractivity contribution in [3.05, 3.63) is 29.6 Å². The summed E-state index contributed by atoms with van der Waals surface area (Å²) in [7, 11) is 0. The molecule has 1 atom stereocenters. The summed E-state index contributed by atoms with van der Waals surface area (Å²) in [5, 5.41) is 0. The molecule has 0 spiro atoms. The highest BCUT2D eigenvalue weighted by Gasteiger charge is 2.31. The Bertz CT molecular complexity index is 689. The first kappa shape index (κ1) is 16.2. The van der Waals surface area contributed by atoms with E-state index in [-0.39, 0.29) is 11.4 Å². The molecular weight excluding hydrogens is 319 g/mol. The minimum absolute atomic E-state index is 0.0920. The molecule has 2 heterocycles. The summed E-state index contributed by atoms with van der Waals surface area (Å²) in [4.78, 5) is 4.18. The zero-order chi connectivity index (χ0) is 16.6. The molecule has 0 saturated carbocycles. The largest absolute Gasteiger partial charge is 0.416 e. The second-order valence-corrected chi connectivity index (χ2v) is 5.66. The van der Waals surface area contributed by atoms with Crippen LogP contribution in [0.25, 0.3) is 11.0 Å². The van der Waals surface area contributed by atoms with E-state index in [0.717, 1.165) is 18.6 Å². The molecule has 0 bridgehead atoms. The molecule has 1 saturated heterocycles. The lowest BCUT2D eigenvalue weighted by molar-refractivity contribution is -0.137. The quantitative estimate of drug-likeness (QED) is 0.793. The number of benzene rings is 1. The van der Waals surface area contributed by atoms with Gasteiger partial charge in [0.15, 0.2) is 0 Å². The van der Waals surface area contributed by atoms with Gasteiger partial charge in [-0.2, -0.15) is 13.2 Å². The molecule has 126 valence electrons. The maximum atomic E-state index is 12.8. The lowest BCUT2D eigenvalue weighted by Crippen LogP contribution is -2.14. The van der Waals surface area contributed by atoms with Crippen LogP contribution in [0.2, 0.25) is 0 Å². The van der Waals surface area contributed by atoms with Crippen LogP contribution in [-0.2, 0) is 23.9 Å². The van der Waals surface area contributed by atoms with Crippen molar-refractivity contribution in [2.24, 2.45) is 5.92 Å². The summed E-state index contributed by atoms with van der Waals surface area (Å²) in [6.07, 6.45) is -5.87. The third-order valence-electron chi connectivity index (χ3n) is 3.97. The first-order chi connectivity index (χ1) is 10.8. The van der Waals surface area contributed by atoms with E-state index >= 15 is 0 Å². The van der Waals surface area contributed by atoms with Gasteiger partial charge in [0.1, 0.15) is 5.82 Å². The van der Waals surface area contributed by atoms with Crippen molar-refractivity contribution in [3.63, 3.8) is 0 Å². The molecule has 0 unspecified atom stereocenters. The minimum Gasteiger partial charge on any atom is -0.381 e. The highest BCUT2D eigenvalue weighted by molar-refractivity contribution is 5.77. The number of hydrogen-bond acceptors (Lipinski definition) is 2.